The van der Waals surface area contributed by atoms with Gasteiger partial charge in [-0.25, -0.2) is 0 Å². The summed E-state index contributed by atoms with van der Waals surface area (Å²) in [4.78, 5) is 15.0. The second-order valence-corrected chi connectivity index (χ2v) is 7.99. The molecule has 0 unspecified atom stereocenters. The number of ether oxygens (including phenoxy) is 2. The number of nitrogens with zero attached hydrogens (tertiary/aromatic N) is 1. The zero-order chi connectivity index (χ0) is 20.6. The van der Waals surface area contributed by atoms with Crippen LogP contribution >= 0.6 is 0 Å². The first-order chi connectivity index (χ1) is 14.1. The number of Topliss-reactive ketones (excluding diaryl/α,β-unsaturated/α-hetero) is 1. The van der Waals surface area contributed by atoms with Crippen LogP contribution in [0.3, 0.4) is 0 Å². The molecule has 1 aliphatic heterocycles. The number of carbonyl (C=O) groups excluding carboxylic acids is 1. The molecule has 0 fully saturated rings. The van der Waals surface area contributed by atoms with E-state index < -0.39 is 0 Å². The predicted octanol–water partition coefficient (Wildman–Crippen LogP) is 4.94. The highest BCUT2D eigenvalue weighted by molar-refractivity contribution is 5.96. The molecule has 2 aromatic carbocycles. The highest BCUT2D eigenvalue weighted by Crippen LogP contribution is 2.26. The van der Waals surface area contributed by atoms with Crippen LogP contribution in [-0.4, -0.2) is 43.5 Å². The summed E-state index contributed by atoms with van der Waals surface area (Å²) in [7, 11) is 1.73. The van der Waals surface area contributed by atoms with Crippen molar-refractivity contribution >= 4 is 5.78 Å². The average molecular weight is 396 g/mol. The summed E-state index contributed by atoms with van der Waals surface area (Å²) >= 11 is 0. The zero-order valence-electron chi connectivity index (χ0n) is 17.9. The van der Waals surface area contributed by atoms with Gasteiger partial charge in [-0.1, -0.05) is 18.2 Å². The fraction of sp³-hybridized carbons (Fsp3) is 0.480. The van der Waals surface area contributed by atoms with Crippen molar-refractivity contribution in [2.24, 2.45) is 0 Å². The van der Waals surface area contributed by atoms with Gasteiger partial charge < -0.3 is 14.4 Å². The summed E-state index contributed by atoms with van der Waals surface area (Å²) in [6.45, 7) is 7.21. The number of hydrogen-bond acceptors (Lipinski definition) is 4. The van der Waals surface area contributed by atoms with Gasteiger partial charge in [-0.05, 0) is 75.0 Å². The molecule has 1 heterocycles. The van der Waals surface area contributed by atoms with Gasteiger partial charge in [0, 0.05) is 31.0 Å². The second kappa shape index (κ2) is 10.4. The lowest BCUT2D eigenvalue weighted by Crippen LogP contribution is -2.33. The molecular formula is C25H33NO3. The number of ketones is 1. The molecule has 4 heteroatoms. The lowest BCUT2D eigenvalue weighted by atomic mass is 10.0. The van der Waals surface area contributed by atoms with Crippen molar-refractivity contribution in [2.45, 2.75) is 52.0 Å². The first-order valence-corrected chi connectivity index (χ1v) is 10.7. The molecule has 0 aliphatic carbocycles. The minimum atomic E-state index is 0.241. The van der Waals surface area contributed by atoms with Crippen LogP contribution < -0.4 is 9.47 Å². The number of methoxy groups -OCH3 is 1. The van der Waals surface area contributed by atoms with E-state index in [0.717, 1.165) is 68.0 Å². The Morgan fingerprint density at radius 1 is 1.14 bits per heavy atom. The molecule has 0 spiro atoms. The highest BCUT2D eigenvalue weighted by atomic mass is 16.5. The minimum Gasteiger partial charge on any atom is -0.496 e. The summed E-state index contributed by atoms with van der Waals surface area (Å²) in [5.74, 6) is 2.13. The molecule has 156 valence electrons. The molecule has 0 N–H and O–H groups in total. The molecule has 1 aliphatic rings. The van der Waals surface area contributed by atoms with Gasteiger partial charge in [0.15, 0.2) is 5.78 Å². The standard InChI is InChI=1S/C25H33NO3/c1-19(2)26(16-13-20-8-4-5-10-24(20)28-3)15-7-6-9-23(27)21-11-12-25-22(18-21)14-17-29-25/h4-5,8,10-12,18-19H,6-7,9,13-17H2,1-3H3. The molecule has 0 saturated heterocycles. The number of rotatable bonds is 11. The van der Waals surface area contributed by atoms with E-state index in [1.54, 1.807) is 7.11 Å². The Bertz CT molecular complexity index is 815. The van der Waals surface area contributed by atoms with Crippen molar-refractivity contribution in [3.8, 4) is 11.5 Å². The lowest BCUT2D eigenvalue weighted by Gasteiger charge is -2.26. The van der Waals surface area contributed by atoms with Gasteiger partial charge in [0.25, 0.3) is 0 Å². The monoisotopic (exact) mass is 395 g/mol. The van der Waals surface area contributed by atoms with E-state index in [9.17, 15) is 4.79 Å². The first-order valence-electron chi connectivity index (χ1n) is 10.7. The Balaban J connectivity index is 1.44. The van der Waals surface area contributed by atoms with Crippen LogP contribution in [0.15, 0.2) is 42.5 Å². The molecule has 0 atom stereocenters. The molecule has 0 aromatic heterocycles. The molecule has 0 radical (unpaired) electrons. The highest BCUT2D eigenvalue weighted by Gasteiger charge is 2.15. The van der Waals surface area contributed by atoms with Crippen LogP contribution in [0.4, 0.5) is 0 Å². The molecule has 3 rings (SSSR count). The number of carbonyl (C=O) groups is 1. The van der Waals surface area contributed by atoms with Crippen LogP contribution in [0.1, 0.15) is 54.6 Å². The Hall–Kier alpha value is -2.33. The normalized spacial score (nSPS) is 12.9. The van der Waals surface area contributed by atoms with Crippen molar-refractivity contribution in [3.05, 3.63) is 59.2 Å². The Morgan fingerprint density at radius 2 is 1.97 bits per heavy atom. The van der Waals surface area contributed by atoms with Gasteiger partial charge in [0.05, 0.1) is 13.7 Å². The van der Waals surface area contributed by atoms with E-state index in [1.165, 1.54) is 5.56 Å². The fourth-order valence-corrected chi connectivity index (χ4v) is 3.91. The lowest BCUT2D eigenvalue weighted by molar-refractivity contribution is 0.0977. The van der Waals surface area contributed by atoms with Crippen molar-refractivity contribution in [1.82, 2.24) is 4.90 Å². The van der Waals surface area contributed by atoms with Gasteiger partial charge in [-0.15, -0.1) is 0 Å². The van der Waals surface area contributed by atoms with Crippen LogP contribution in [0.25, 0.3) is 0 Å². The summed E-state index contributed by atoms with van der Waals surface area (Å²) < 4.78 is 11.0. The van der Waals surface area contributed by atoms with E-state index in [0.29, 0.717) is 12.5 Å². The third-order valence-corrected chi connectivity index (χ3v) is 5.70. The molecule has 0 amide bonds. The number of unbranched alkanes of at least 4 members (excludes halogenated alkanes) is 1. The Labute approximate surface area is 174 Å². The first kappa shape index (κ1) is 21.4. The summed E-state index contributed by atoms with van der Waals surface area (Å²) in [6.07, 6.45) is 4.44. The van der Waals surface area contributed by atoms with Gasteiger partial charge in [0.1, 0.15) is 11.5 Å². The topological polar surface area (TPSA) is 38.8 Å². The predicted molar refractivity (Wildman–Crippen MR) is 117 cm³/mol. The van der Waals surface area contributed by atoms with Crippen LogP contribution in [0.2, 0.25) is 0 Å². The third-order valence-electron chi connectivity index (χ3n) is 5.70. The summed E-state index contributed by atoms with van der Waals surface area (Å²) in [5, 5.41) is 0. The van der Waals surface area contributed by atoms with Crippen molar-refractivity contribution in [1.29, 1.82) is 0 Å². The van der Waals surface area contributed by atoms with Crippen LogP contribution in [0, 0.1) is 0 Å². The number of hydrogen-bond donors (Lipinski definition) is 0. The zero-order valence-corrected chi connectivity index (χ0v) is 17.9. The number of benzene rings is 2. The van der Waals surface area contributed by atoms with Crippen molar-refractivity contribution < 1.29 is 14.3 Å². The molecular weight excluding hydrogens is 362 g/mol. The van der Waals surface area contributed by atoms with Gasteiger partial charge in [0.2, 0.25) is 0 Å². The Kier molecular flexibility index (Phi) is 7.70. The maximum atomic E-state index is 12.5. The molecule has 0 bridgehead atoms. The second-order valence-electron chi connectivity index (χ2n) is 7.99. The average Bonchev–Trinajstić information content (AvgIpc) is 3.20. The number of para-hydroxylation sites is 1. The van der Waals surface area contributed by atoms with Crippen LogP contribution in [0.5, 0.6) is 11.5 Å². The maximum absolute atomic E-state index is 12.5. The fourth-order valence-electron chi connectivity index (χ4n) is 3.91. The smallest absolute Gasteiger partial charge is 0.162 e. The van der Waals surface area contributed by atoms with E-state index in [4.69, 9.17) is 9.47 Å². The largest absolute Gasteiger partial charge is 0.496 e. The molecule has 2 aromatic rings. The van der Waals surface area contributed by atoms with Crippen LogP contribution in [-0.2, 0) is 12.8 Å². The van der Waals surface area contributed by atoms with Gasteiger partial charge >= 0.3 is 0 Å². The van der Waals surface area contributed by atoms with Crippen molar-refractivity contribution in [2.75, 3.05) is 26.8 Å². The summed E-state index contributed by atoms with van der Waals surface area (Å²) in [6, 6.07) is 14.6. The molecule has 29 heavy (non-hydrogen) atoms. The van der Waals surface area contributed by atoms with Crippen molar-refractivity contribution in [3.63, 3.8) is 0 Å². The van der Waals surface area contributed by atoms with Gasteiger partial charge in [-0.3, -0.25) is 4.79 Å². The SMILES string of the molecule is COc1ccccc1CCN(CCCCC(=O)c1ccc2c(c1)CCO2)C(C)C. The molecule has 0 saturated carbocycles. The van der Waals surface area contributed by atoms with E-state index in [1.807, 2.05) is 30.3 Å². The maximum Gasteiger partial charge on any atom is 0.162 e. The van der Waals surface area contributed by atoms with Gasteiger partial charge in [-0.2, -0.15) is 0 Å². The van der Waals surface area contributed by atoms with E-state index in [2.05, 4.69) is 30.9 Å². The van der Waals surface area contributed by atoms with E-state index in [-0.39, 0.29) is 5.78 Å². The van der Waals surface area contributed by atoms with E-state index >= 15 is 0 Å². The molecule has 4 nitrogen and oxygen atoms in total. The quantitative estimate of drug-likeness (QED) is 0.399. The minimum absolute atomic E-state index is 0.241. The Morgan fingerprint density at radius 3 is 2.76 bits per heavy atom. The number of fused-ring (bicyclic) bond motifs is 1. The third kappa shape index (κ3) is 5.83. The summed E-state index contributed by atoms with van der Waals surface area (Å²) in [5.41, 5.74) is 3.24.